The first kappa shape index (κ1) is 24.5. The van der Waals surface area contributed by atoms with Gasteiger partial charge in [0.1, 0.15) is 18.1 Å². The molecule has 0 radical (unpaired) electrons. The molecule has 1 fully saturated rings. The van der Waals surface area contributed by atoms with Crippen LogP contribution in [0.15, 0.2) is 89.0 Å². The van der Waals surface area contributed by atoms with Gasteiger partial charge in [-0.1, -0.05) is 76.6 Å². The first-order valence-corrected chi connectivity index (χ1v) is 12.3. The number of carbonyl (C=O) groups excluding carboxylic acids is 2. The van der Waals surface area contributed by atoms with E-state index < -0.39 is 17.8 Å². The molecule has 0 bridgehead atoms. The van der Waals surface area contributed by atoms with Crippen LogP contribution in [0.2, 0.25) is 0 Å². The van der Waals surface area contributed by atoms with Gasteiger partial charge in [0.25, 0.3) is 5.91 Å². The fourth-order valence-electron chi connectivity index (χ4n) is 4.18. The van der Waals surface area contributed by atoms with Crippen LogP contribution in [-0.2, 0) is 17.9 Å². The first-order valence-electron chi connectivity index (χ1n) is 11.5. The molecule has 3 amide bonds. The van der Waals surface area contributed by atoms with E-state index >= 15 is 0 Å². The largest absolute Gasteiger partial charge is 0.493 e. The third kappa shape index (κ3) is 5.06. The van der Waals surface area contributed by atoms with E-state index in [1.165, 1.54) is 19.2 Å². The van der Waals surface area contributed by atoms with Gasteiger partial charge in [0, 0.05) is 10.0 Å². The Hall–Kier alpha value is -4.17. The van der Waals surface area contributed by atoms with E-state index in [0.717, 1.165) is 21.2 Å². The quantitative estimate of drug-likeness (QED) is 0.209. The minimum atomic E-state index is -0.613. The molecule has 1 saturated heterocycles. The highest BCUT2D eigenvalue weighted by atomic mass is 79.9. The zero-order valence-electron chi connectivity index (χ0n) is 19.8. The number of methoxy groups -OCH3 is 1. The fraction of sp³-hybridized carbons (Fsp3) is 0.103. The number of hydrogen-bond donors (Lipinski definition) is 1. The van der Waals surface area contributed by atoms with Crippen LogP contribution in [0.3, 0.4) is 0 Å². The second-order valence-electron chi connectivity index (χ2n) is 8.42. The topological polar surface area (TPSA) is 67.9 Å². The summed E-state index contributed by atoms with van der Waals surface area (Å²) in [6.07, 6.45) is 1.54. The van der Waals surface area contributed by atoms with Crippen LogP contribution < -0.4 is 14.8 Å². The Morgan fingerprint density at radius 3 is 2.49 bits per heavy atom. The molecule has 4 aromatic rings. The van der Waals surface area contributed by atoms with E-state index in [2.05, 4.69) is 39.4 Å². The van der Waals surface area contributed by atoms with E-state index in [4.69, 9.17) is 9.47 Å². The monoisotopic (exact) mass is 560 g/mol. The number of urea groups is 1. The van der Waals surface area contributed by atoms with Crippen molar-refractivity contribution in [3.63, 3.8) is 0 Å². The van der Waals surface area contributed by atoms with Crippen molar-refractivity contribution in [3.8, 4) is 11.5 Å². The number of imide groups is 1. The molecule has 4 aromatic carbocycles. The standard InChI is InChI=1S/C29H22BrFN2O4/c1-36-26-14-21(13-25-28(34)33(29(35)32-25)16-19-8-3-5-12-24(19)31)23(30)15-27(26)37-17-20-10-6-9-18-7-2-4-11-22(18)20/h2-15H,16-17H2,1H3,(H,32,35)/b25-13+. The number of nitrogens with one attached hydrogen (secondary N) is 1. The Labute approximate surface area is 221 Å². The highest BCUT2D eigenvalue weighted by molar-refractivity contribution is 9.10. The molecule has 0 saturated carbocycles. The number of nitrogens with zero attached hydrogens (tertiary/aromatic N) is 1. The highest BCUT2D eigenvalue weighted by Crippen LogP contribution is 2.36. The SMILES string of the molecule is COc1cc(/C=C2/NC(=O)N(Cc3ccccc3F)C2=O)c(Br)cc1OCc1cccc2ccccc12. The van der Waals surface area contributed by atoms with E-state index in [0.29, 0.717) is 28.1 Å². The lowest BCUT2D eigenvalue weighted by molar-refractivity contribution is -0.123. The molecule has 1 aliphatic heterocycles. The van der Waals surface area contributed by atoms with Crippen molar-refractivity contribution < 1.29 is 23.5 Å². The van der Waals surface area contributed by atoms with Crippen LogP contribution in [0, 0.1) is 5.82 Å². The van der Waals surface area contributed by atoms with Crippen LogP contribution in [0.25, 0.3) is 16.8 Å². The molecular weight excluding hydrogens is 539 g/mol. The lowest BCUT2D eigenvalue weighted by atomic mass is 10.1. The normalized spacial score (nSPS) is 14.4. The molecule has 37 heavy (non-hydrogen) atoms. The Balaban J connectivity index is 1.37. The molecular formula is C29H22BrFN2O4. The maximum atomic E-state index is 14.0. The van der Waals surface area contributed by atoms with E-state index in [9.17, 15) is 14.0 Å². The van der Waals surface area contributed by atoms with E-state index in [1.54, 1.807) is 30.3 Å². The van der Waals surface area contributed by atoms with Gasteiger partial charge in [0.15, 0.2) is 11.5 Å². The fourth-order valence-corrected chi connectivity index (χ4v) is 4.61. The maximum Gasteiger partial charge on any atom is 0.329 e. The summed E-state index contributed by atoms with van der Waals surface area (Å²) in [7, 11) is 1.53. The average molecular weight is 561 g/mol. The summed E-state index contributed by atoms with van der Waals surface area (Å²) < 4.78 is 26.3. The van der Waals surface area contributed by atoms with Crippen molar-refractivity contribution in [2.24, 2.45) is 0 Å². The van der Waals surface area contributed by atoms with Crippen LogP contribution in [0.4, 0.5) is 9.18 Å². The number of halogens is 2. The number of fused-ring (bicyclic) bond motifs is 1. The number of amides is 3. The summed E-state index contributed by atoms with van der Waals surface area (Å²) in [6.45, 7) is 0.171. The van der Waals surface area contributed by atoms with Crippen molar-refractivity contribution in [3.05, 3.63) is 112 Å². The predicted octanol–water partition coefficient (Wildman–Crippen LogP) is 6.42. The van der Waals surface area contributed by atoms with Crippen molar-refractivity contribution in [2.45, 2.75) is 13.2 Å². The van der Waals surface area contributed by atoms with Crippen molar-refractivity contribution in [2.75, 3.05) is 7.11 Å². The zero-order valence-corrected chi connectivity index (χ0v) is 21.4. The van der Waals surface area contributed by atoms with Crippen molar-refractivity contribution >= 4 is 44.7 Å². The van der Waals surface area contributed by atoms with Gasteiger partial charge < -0.3 is 14.8 Å². The number of rotatable bonds is 7. The van der Waals surface area contributed by atoms with Crippen molar-refractivity contribution in [1.82, 2.24) is 10.2 Å². The zero-order chi connectivity index (χ0) is 25.9. The van der Waals surface area contributed by atoms with Gasteiger partial charge in [-0.15, -0.1) is 0 Å². The summed E-state index contributed by atoms with van der Waals surface area (Å²) >= 11 is 3.53. The molecule has 0 atom stereocenters. The van der Waals surface area contributed by atoms with Gasteiger partial charge >= 0.3 is 6.03 Å². The Morgan fingerprint density at radius 1 is 0.946 bits per heavy atom. The molecule has 0 spiro atoms. The second kappa shape index (κ2) is 10.4. The maximum absolute atomic E-state index is 14.0. The van der Waals surface area contributed by atoms with Gasteiger partial charge in [-0.2, -0.15) is 0 Å². The third-order valence-corrected chi connectivity index (χ3v) is 6.78. The molecule has 5 rings (SSSR count). The Morgan fingerprint density at radius 2 is 1.68 bits per heavy atom. The summed E-state index contributed by atoms with van der Waals surface area (Å²) in [5.74, 6) is -0.0369. The molecule has 1 heterocycles. The molecule has 0 aliphatic carbocycles. The number of hydrogen-bond acceptors (Lipinski definition) is 4. The van der Waals surface area contributed by atoms with Gasteiger partial charge in [0.2, 0.25) is 0 Å². The van der Waals surface area contributed by atoms with Gasteiger partial charge in [-0.3, -0.25) is 9.69 Å². The smallest absolute Gasteiger partial charge is 0.329 e. The van der Waals surface area contributed by atoms with Crippen molar-refractivity contribution in [1.29, 1.82) is 0 Å². The van der Waals surface area contributed by atoms with E-state index in [1.807, 2.05) is 24.3 Å². The minimum absolute atomic E-state index is 0.0773. The molecule has 1 aliphatic rings. The molecule has 0 unspecified atom stereocenters. The minimum Gasteiger partial charge on any atom is -0.493 e. The van der Waals surface area contributed by atoms with Gasteiger partial charge in [-0.25, -0.2) is 9.18 Å². The lowest BCUT2D eigenvalue weighted by Crippen LogP contribution is -2.30. The Bertz CT molecular complexity index is 1550. The number of carbonyl (C=O) groups is 2. The van der Waals surface area contributed by atoms with Crippen LogP contribution in [0.5, 0.6) is 11.5 Å². The van der Waals surface area contributed by atoms with Gasteiger partial charge in [-0.05, 0) is 46.2 Å². The summed E-state index contributed by atoms with van der Waals surface area (Å²) in [6, 6.07) is 23.1. The average Bonchev–Trinajstić information content (AvgIpc) is 3.17. The molecule has 186 valence electrons. The molecule has 6 nitrogen and oxygen atoms in total. The second-order valence-corrected chi connectivity index (χ2v) is 9.28. The van der Waals surface area contributed by atoms with Crippen LogP contribution >= 0.6 is 15.9 Å². The van der Waals surface area contributed by atoms with Crippen LogP contribution in [-0.4, -0.2) is 23.9 Å². The summed E-state index contributed by atoms with van der Waals surface area (Å²) in [5, 5.41) is 4.81. The summed E-state index contributed by atoms with van der Waals surface area (Å²) in [4.78, 5) is 26.3. The van der Waals surface area contributed by atoms with E-state index in [-0.39, 0.29) is 17.8 Å². The molecule has 8 heteroatoms. The lowest BCUT2D eigenvalue weighted by Gasteiger charge is -2.14. The third-order valence-electron chi connectivity index (χ3n) is 6.09. The Kier molecular flexibility index (Phi) is 6.92. The molecule has 0 aromatic heterocycles. The predicted molar refractivity (Wildman–Crippen MR) is 142 cm³/mol. The van der Waals surface area contributed by atoms with Crippen LogP contribution in [0.1, 0.15) is 16.7 Å². The summed E-state index contributed by atoms with van der Waals surface area (Å²) in [5.41, 5.74) is 1.97. The molecule has 1 N–H and O–H groups in total. The first-order chi connectivity index (χ1) is 17.9. The number of benzene rings is 4. The van der Waals surface area contributed by atoms with Gasteiger partial charge in [0.05, 0.1) is 13.7 Å². The number of ether oxygens (including phenoxy) is 2. The highest BCUT2D eigenvalue weighted by Gasteiger charge is 2.34.